The van der Waals surface area contributed by atoms with Crippen molar-refractivity contribution in [1.82, 2.24) is 9.99 Å². The number of carbonyl (C=O) groups is 1. The lowest BCUT2D eigenvalue weighted by Crippen LogP contribution is -2.20. The van der Waals surface area contributed by atoms with Crippen molar-refractivity contribution in [3.8, 4) is 11.4 Å². The van der Waals surface area contributed by atoms with Gasteiger partial charge in [0.05, 0.1) is 24.7 Å². The first-order chi connectivity index (χ1) is 14.4. The van der Waals surface area contributed by atoms with E-state index in [2.05, 4.69) is 15.1 Å². The molecule has 0 saturated heterocycles. The van der Waals surface area contributed by atoms with Crippen LogP contribution in [0.1, 0.15) is 22.5 Å². The molecule has 0 aliphatic heterocycles. The fourth-order valence-electron chi connectivity index (χ4n) is 3.29. The lowest BCUT2D eigenvalue weighted by molar-refractivity contribution is -0.385. The number of ether oxygens (including phenoxy) is 1. The van der Waals surface area contributed by atoms with Crippen LogP contribution < -0.4 is 10.2 Å². The Hall–Kier alpha value is -3.94. The fourth-order valence-corrected chi connectivity index (χ4v) is 3.29. The van der Waals surface area contributed by atoms with Crippen LogP contribution in [0.3, 0.4) is 0 Å². The van der Waals surface area contributed by atoms with Crippen LogP contribution in [0.4, 0.5) is 5.69 Å². The predicted molar refractivity (Wildman–Crippen MR) is 114 cm³/mol. The summed E-state index contributed by atoms with van der Waals surface area (Å²) in [6, 6.07) is 15.8. The molecule has 0 fully saturated rings. The third kappa shape index (κ3) is 4.54. The number of nitrogens with one attached hydrogen (secondary N) is 1. The topological polar surface area (TPSA) is 98.8 Å². The largest absolute Gasteiger partial charge is 0.497 e. The van der Waals surface area contributed by atoms with Crippen LogP contribution in [0, 0.1) is 24.0 Å². The number of nitrogens with zero attached hydrogens (tertiary/aromatic N) is 3. The van der Waals surface area contributed by atoms with Gasteiger partial charge in [-0.05, 0) is 32.0 Å². The van der Waals surface area contributed by atoms with Crippen molar-refractivity contribution in [2.24, 2.45) is 5.10 Å². The highest BCUT2D eigenvalue weighted by Gasteiger charge is 2.15. The van der Waals surface area contributed by atoms with Gasteiger partial charge in [0.2, 0.25) is 5.91 Å². The van der Waals surface area contributed by atoms with Crippen molar-refractivity contribution in [2.75, 3.05) is 7.11 Å². The molecule has 3 aromatic rings. The van der Waals surface area contributed by atoms with E-state index in [0.717, 1.165) is 28.4 Å². The number of hydrazone groups is 1. The normalized spacial score (nSPS) is 10.9. The minimum Gasteiger partial charge on any atom is -0.497 e. The number of methoxy groups -OCH3 is 1. The number of nitro groups is 1. The Bertz CT molecular complexity index is 1120. The van der Waals surface area contributed by atoms with Crippen LogP contribution in [-0.2, 0) is 11.2 Å². The number of aromatic nitrogens is 1. The number of carbonyl (C=O) groups excluding carboxylic acids is 1. The van der Waals surface area contributed by atoms with Crippen molar-refractivity contribution in [2.45, 2.75) is 20.3 Å². The van der Waals surface area contributed by atoms with E-state index in [-0.39, 0.29) is 12.1 Å². The minimum absolute atomic E-state index is 0.0848. The third-order valence-corrected chi connectivity index (χ3v) is 4.71. The Balaban J connectivity index is 1.73. The first-order valence-corrected chi connectivity index (χ1v) is 9.28. The standard InChI is InChI=1S/C22H22N4O4/c1-15-11-18(16(2)25(15)19-8-6-9-20(13-19)30-3)14-23-24-22(27)12-17-7-4-5-10-21(17)26(28)29/h4-11,13-14H,12H2,1-3H3,(H,24,27). The zero-order valence-corrected chi connectivity index (χ0v) is 17.0. The third-order valence-electron chi connectivity index (χ3n) is 4.71. The number of rotatable bonds is 7. The number of amides is 1. The van der Waals surface area contributed by atoms with Gasteiger partial charge in [-0.1, -0.05) is 24.3 Å². The zero-order valence-electron chi connectivity index (χ0n) is 17.0. The van der Waals surface area contributed by atoms with Gasteiger partial charge in [0.1, 0.15) is 5.75 Å². The maximum absolute atomic E-state index is 12.2. The van der Waals surface area contributed by atoms with Crippen molar-refractivity contribution in [1.29, 1.82) is 0 Å². The van der Waals surface area contributed by atoms with Gasteiger partial charge in [0, 0.05) is 40.3 Å². The highest BCUT2D eigenvalue weighted by molar-refractivity contribution is 5.85. The molecule has 30 heavy (non-hydrogen) atoms. The number of hydrogen-bond donors (Lipinski definition) is 1. The molecule has 0 spiro atoms. The lowest BCUT2D eigenvalue weighted by atomic mass is 10.1. The van der Waals surface area contributed by atoms with E-state index in [1.54, 1.807) is 31.5 Å². The Morgan fingerprint density at radius 2 is 1.97 bits per heavy atom. The zero-order chi connectivity index (χ0) is 21.7. The molecule has 0 radical (unpaired) electrons. The number of para-hydroxylation sites is 1. The molecule has 0 unspecified atom stereocenters. The molecule has 2 aromatic carbocycles. The molecule has 0 saturated carbocycles. The van der Waals surface area contributed by atoms with Gasteiger partial charge in [-0.2, -0.15) is 5.10 Å². The number of benzene rings is 2. The summed E-state index contributed by atoms with van der Waals surface area (Å²) >= 11 is 0. The smallest absolute Gasteiger partial charge is 0.273 e. The molecule has 0 aliphatic rings. The molecule has 1 amide bonds. The Morgan fingerprint density at radius 1 is 1.20 bits per heavy atom. The summed E-state index contributed by atoms with van der Waals surface area (Å²) in [6.45, 7) is 3.94. The van der Waals surface area contributed by atoms with Gasteiger partial charge in [0.15, 0.2) is 0 Å². The molecule has 8 nitrogen and oxygen atoms in total. The molecule has 1 N–H and O–H groups in total. The van der Waals surface area contributed by atoms with Crippen molar-refractivity contribution in [3.63, 3.8) is 0 Å². The monoisotopic (exact) mass is 406 g/mol. The van der Waals surface area contributed by atoms with E-state index in [1.807, 2.05) is 44.2 Å². The Morgan fingerprint density at radius 3 is 2.70 bits per heavy atom. The van der Waals surface area contributed by atoms with Crippen molar-refractivity contribution < 1.29 is 14.5 Å². The van der Waals surface area contributed by atoms with E-state index >= 15 is 0 Å². The van der Waals surface area contributed by atoms with Crippen LogP contribution in [-0.4, -0.2) is 28.7 Å². The van der Waals surface area contributed by atoms with E-state index in [0.29, 0.717) is 5.56 Å². The average molecular weight is 406 g/mol. The molecule has 0 bridgehead atoms. The van der Waals surface area contributed by atoms with Gasteiger partial charge < -0.3 is 9.30 Å². The number of nitro benzene ring substituents is 1. The van der Waals surface area contributed by atoms with E-state index in [9.17, 15) is 14.9 Å². The fraction of sp³-hybridized carbons (Fsp3) is 0.182. The first-order valence-electron chi connectivity index (χ1n) is 9.28. The van der Waals surface area contributed by atoms with Gasteiger partial charge in [-0.15, -0.1) is 0 Å². The van der Waals surface area contributed by atoms with Crippen molar-refractivity contribution >= 4 is 17.8 Å². The van der Waals surface area contributed by atoms with Gasteiger partial charge in [0.25, 0.3) is 5.69 Å². The SMILES string of the molecule is COc1cccc(-n2c(C)cc(C=NNC(=O)Cc3ccccc3[N+](=O)[O-])c2C)c1. The summed E-state index contributed by atoms with van der Waals surface area (Å²) in [5.74, 6) is 0.333. The summed E-state index contributed by atoms with van der Waals surface area (Å²) in [4.78, 5) is 22.7. The molecule has 3 rings (SSSR count). The summed E-state index contributed by atoms with van der Waals surface area (Å²) in [7, 11) is 1.62. The predicted octanol–water partition coefficient (Wildman–Crippen LogP) is 3.70. The second-order valence-corrected chi connectivity index (χ2v) is 6.72. The van der Waals surface area contributed by atoms with Gasteiger partial charge in [-0.25, -0.2) is 5.43 Å². The maximum Gasteiger partial charge on any atom is 0.273 e. The Labute approximate surface area is 173 Å². The maximum atomic E-state index is 12.2. The van der Waals surface area contributed by atoms with Crippen LogP contribution >= 0.6 is 0 Å². The number of hydrogen-bond acceptors (Lipinski definition) is 5. The summed E-state index contributed by atoms with van der Waals surface area (Å²) in [6.07, 6.45) is 1.44. The average Bonchev–Trinajstić information content (AvgIpc) is 3.01. The first kappa shape index (κ1) is 20.8. The van der Waals surface area contributed by atoms with Crippen molar-refractivity contribution in [3.05, 3.63) is 87.2 Å². The highest BCUT2D eigenvalue weighted by atomic mass is 16.6. The molecular formula is C22H22N4O4. The number of aryl methyl sites for hydroxylation is 1. The summed E-state index contributed by atoms with van der Waals surface area (Å²) < 4.78 is 7.37. The Kier molecular flexibility index (Phi) is 6.26. The van der Waals surface area contributed by atoms with E-state index in [1.165, 1.54) is 6.07 Å². The second kappa shape index (κ2) is 9.04. The van der Waals surface area contributed by atoms with E-state index in [4.69, 9.17) is 4.74 Å². The van der Waals surface area contributed by atoms with Crippen LogP contribution in [0.5, 0.6) is 5.75 Å². The lowest BCUT2D eigenvalue weighted by Gasteiger charge is -2.11. The molecule has 1 heterocycles. The quantitative estimate of drug-likeness (QED) is 0.367. The molecule has 0 atom stereocenters. The molecule has 1 aromatic heterocycles. The van der Waals surface area contributed by atoms with E-state index < -0.39 is 10.8 Å². The van der Waals surface area contributed by atoms with Crippen LogP contribution in [0.15, 0.2) is 59.7 Å². The molecule has 154 valence electrons. The molecule has 0 aliphatic carbocycles. The summed E-state index contributed by atoms with van der Waals surface area (Å²) in [5.41, 5.74) is 6.47. The van der Waals surface area contributed by atoms with Gasteiger partial charge in [-0.3, -0.25) is 14.9 Å². The molecular weight excluding hydrogens is 384 g/mol. The second-order valence-electron chi connectivity index (χ2n) is 6.72. The van der Waals surface area contributed by atoms with Gasteiger partial charge >= 0.3 is 0 Å². The highest BCUT2D eigenvalue weighted by Crippen LogP contribution is 2.23. The minimum atomic E-state index is -0.501. The summed E-state index contributed by atoms with van der Waals surface area (Å²) in [5, 5.41) is 15.1. The molecule has 8 heteroatoms. The van der Waals surface area contributed by atoms with Crippen LogP contribution in [0.25, 0.3) is 5.69 Å². The van der Waals surface area contributed by atoms with Crippen LogP contribution in [0.2, 0.25) is 0 Å².